The van der Waals surface area contributed by atoms with E-state index in [1.165, 1.54) is 4.88 Å². The molecule has 0 atom stereocenters. The van der Waals surface area contributed by atoms with Crippen LogP contribution in [0.25, 0.3) is 0 Å². The normalized spacial score (nSPS) is 11.0. The van der Waals surface area contributed by atoms with Gasteiger partial charge in [0.2, 0.25) is 5.89 Å². The number of hydrogen-bond donors (Lipinski definition) is 1. The fourth-order valence-electron chi connectivity index (χ4n) is 1.20. The highest BCUT2D eigenvalue weighted by atomic mass is 32.1. The zero-order chi connectivity index (χ0) is 11.5. The molecule has 0 aliphatic heterocycles. The Balaban J connectivity index is 1.94. The molecule has 0 saturated carbocycles. The fourth-order valence-corrected chi connectivity index (χ4v) is 2.06. The molecule has 86 valence electrons. The monoisotopic (exact) mass is 238 g/mol. The molecule has 0 aliphatic carbocycles. The highest BCUT2D eigenvalue weighted by Crippen LogP contribution is 2.21. The van der Waals surface area contributed by atoms with Crippen LogP contribution in [0.3, 0.4) is 0 Å². The summed E-state index contributed by atoms with van der Waals surface area (Å²) in [5, 5.41) is 11.8. The van der Waals surface area contributed by atoms with Gasteiger partial charge in [-0.25, -0.2) is 4.98 Å². The lowest BCUT2D eigenvalue weighted by molar-refractivity contribution is 0.531. The number of nitrogens with zero attached hydrogens (tertiary/aromatic N) is 3. The van der Waals surface area contributed by atoms with Crippen molar-refractivity contribution in [1.82, 2.24) is 15.2 Å². The van der Waals surface area contributed by atoms with Gasteiger partial charge < -0.3 is 9.73 Å². The third kappa shape index (κ3) is 2.57. The molecule has 0 bridgehead atoms. The van der Waals surface area contributed by atoms with Crippen molar-refractivity contribution >= 4 is 17.4 Å². The first-order chi connectivity index (χ1) is 7.65. The van der Waals surface area contributed by atoms with E-state index in [0.29, 0.717) is 24.4 Å². The molecule has 16 heavy (non-hydrogen) atoms. The number of thiazole rings is 1. The van der Waals surface area contributed by atoms with Crippen LogP contribution in [0.15, 0.2) is 10.6 Å². The van der Waals surface area contributed by atoms with Crippen LogP contribution in [-0.2, 0) is 6.54 Å². The average Bonchev–Trinajstić information content (AvgIpc) is 2.83. The van der Waals surface area contributed by atoms with Gasteiger partial charge in [-0.2, -0.15) is 0 Å². The smallest absolute Gasteiger partial charge is 0.315 e. The number of hydrogen-bond acceptors (Lipinski definition) is 6. The maximum Gasteiger partial charge on any atom is 0.315 e. The summed E-state index contributed by atoms with van der Waals surface area (Å²) in [5.41, 5.74) is 0. The van der Waals surface area contributed by atoms with Gasteiger partial charge in [-0.15, -0.1) is 16.4 Å². The molecule has 6 heteroatoms. The van der Waals surface area contributed by atoms with E-state index < -0.39 is 0 Å². The van der Waals surface area contributed by atoms with Crippen molar-refractivity contribution in [3.8, 4) is 0 Å². The van der Waals surface area contributed by atoms with E-state index in [2.05, 4.69) is 34.3 Å². The highest BCUT2D eigenvalue weighted by Gasteiger charge is 2.07. The summed E-state index contributed by atoms with van der Waals surface area (Å²) in [5.74, 6) is 1.04. The Labute approximate surface area is 97.9 Å². The molecular weight excluding hydrogens is 224 g/mol. The zero-order valence-electron chi connectivity index (χ0n) is 9.52. The first-order valence-corrected chi connectivity index (χ1v) is 5.95. The summed E-state index contributed by atoms with van der Waals surface area (Å²) in [7, 11) is 0. The molecule has 2 aromatic heterocycles. The van der Waals surface area contributed by atoms with E-state index in [9.17, 15) is 0 Å². The Kier molecular flexibility index (Phi) is 3.19. The second kappa shape index (κ2) is 4.61. The van der Waals surface area contributed by atoms with Gasteiger partial charge in [-0.1, -0.05) is 18.9 Å². The topological polar surface area (TPSA) is 63.8 Å². The highest BCUT2D eigenvalue weighted by molar-refractivity contribution is 7.11. The van der Waals surface area contributed by atoms with E-state index in [1.54, 1.807) is 18.3 Å². The van der Waals surface area contributed by atoms with E-state index in [-0.39, 0.29) is 0 Å². The van der Waals surface area contributed by atoms with Crippen molar-refractivity contribution in [2.24, 2.45) is 0 Å². The van der Waals surface area contributed by atoms with Gasteiger partial charge in [0.25, 0.3) is 0 Å². The van der Waals surface area contributed by atoms with E-state index in [1.807, 2.05) is 6.20 Å². The summed E-state index contributed by atoms with van der Waals surface area (Å²) in [6.45, 7) is 6.71. The lowest BCUT2D eigenvalue weighted by Crippen LogP contribution is -1.97. The second-order valence-corrected chi connectivity index (χ2v) is 4.95. The molecule has 0 aliphatic rings. The minimum Gasteiger partial charge on any atom is -0.408 e. The maximum atomic E-state index is 5.21. The Morgan fingerprint density at radius 3 is 2.81 bits per heavy atom. The largest absolute Gasteiger partial charge is 0.408 e. The van der Waals surface area contributed by atoms with Crippen molar-refractivity contribution in [1.29, 1.82) is 0 Å². The average molecular weight is 238 g/mol. The van der Waals surface area contributed by atoms with Crippen LogP contribution in [0, 0.1) is 6.92 Å². The van der Waals surface area contributed by atoms with Gasteiger partial charge in [0.05, 0.1) is 11.6 Å². The lowest BCUT2D eigenvalue weighted by Gasteiger charge is -1.97. The molecule has 0 spiro atoms. The second-order valence-electron chi connectivity index (χ2n) is 3.80. The van der Waals surface area contributed by atoms with Crippen molar-refractivity contribution < 1.29 is 4.42 Å². The van der Waals surface area contributed by atoms with Gasteiger partial charge >= 0.3 is 6.01 Å². The van der Waals surface area contributed by atoms with Crippen LogP contribution in [-0.4, -0.2) is 15.2 Å². The molecule has 5 nitrogen and oxygen atoms in total. The molecule has 0 aromatic carbocycles. The SMILES string of the molecule is Cc1nnc(NCc2cnc(C(C)C)s2)o1. The minimum atomic E-state index is 0.456. The van der Waals surface area contributed by atoms with Gasteiger partial charge in [0.15, 0.2) is 0 Å². The van der Waals surface area contributed by atoms with Gasteiger partial charge in [0, 0.05) is 23.9 Å². The van der Waals surface area contributed by atoms with Crippen LogP contribution in [0.2, 0.25) is 0 Å². The standard InChI is InChI=1S/C10H14N4OS/c1-6(2)9-11-4-8(16-9)5-12-10-14-13-7(3)15-10/h4,6H,5H2,1-3H3,(H,12,14). The number of aromatic nitrogens is 3. The zero-order valence-corrected chi connectivity index (χ0v) is 10.3. The first kappa shape index (κ1) is 11.1. The molecule has 1 N–H and O–H groups in total. The molecule has 2 heterocycles. The number of anilines is 1. The van der Waals surface area contributed by atoms with Crippen molar-refractivity contribution in [3.05, 3.63) is 22.0 Å². The Hall–Kier alpha value is -1.43. The van der Waals surface area contributed by atoms with Crippen LogP contribution in [0.4, 0.5) is 6.01 Å². The van der Waals surface area contributed by atoms with Gasteiger partial charge in [0.1, 0.15) is 0 Å². The van der Waals surface area contributed by atoms with Crippen LogP contribution >= 0.6 is 11.3 Å². The van der Waals surface area contributed by atoms with Crippen molar-refractivity contribution in [2.45, 2.75) is 33.2 Å². The summed E-state index contributed by atoms with van der Waals surface area (Å²) in [6.07, 6.45) is 1.89. The van der Waals surface area contributed by atoms with Crippen molar-refractivity contribution in [3.63, 3.8) is 0 Å². The molecule has 0 radical (unpaired) electrons. The van der Waals surface area contributed by atoms with E-state index in [0.717, 1.165) is 5.01 Å². The molecular formula is C10H14N4OS. The van der Waals surface area contributed by atoms with E-state index in [4.69, 9.17) is 4.42 Å². The van der Waals surface area contributed by atoms with Crippen LogP contribution in [0.1, 0.15) is 35.5 Å². The number of aryl methyl sites for hydroxylation is 1. The predicted molar refractivity (Wildman–Crippen MR) is 62.6 cm³/mol. The molecule has 0 fully saturated rings. The van der Waals surface area contributed by atoms with Crippen molar-refractivity contribution in [2.75, 3.05) is 5.32 Å². The third-order valence-electron chi connectivity index (χ3n) is 2.01. The number of rotatable bonds is 4. The predicted octanol–water partition coefficient (Wildman–Crippen LogP) is 2.57. The van der Waals surface area contributed by atoms with Gasteiger partial charge in [-0.05, 0) is 0 Å². The summed E-state index contributed by atoms with van der Waals surface area (Å²) < 4.78 is 5.21. The Bertz CT molecular complexity index is 463. The molecule has 0 saturated heterocycles. The summed E-state index contributed by atoms with van der Waals surface area (Å²) in [4.78, 5) is 5.51. The fraction of sp³-hybridized carbons (Fsp3) is 0.500. The van der Waals surface area contributed by atoms with Crippen LogP contribution < -0.4 is 5.32 Å². The van der Waals surface area contributed by atoms with Crippen LogP contribution in [0.5, 0.6) is 0 Å². The van der Waals surface area contributed by atoms with E-state index >= 15 is 0 Å². The molecule has 2 aromatic rings. The number of nitrogens with one attached hydrogen (secondary N) is 1. The summed E-state index contributed by atoms with van der Waals surface area (Å²) >= 11 is 1.70. The Morgan fingerprint density at radius 1 is 1.44 bits per heavy atom. The minimum absolute atomic E-state index is 0.456. The molecule has 0 unspecified atom stereocenters. The van der Waals surface area contributed by atoms with Gasteiger partial charge in [-0.3, -0.25) is 0 Å². The third-order valence-corrected chi connectivity index (χ3v) is 3.30. The Morgan fingerprint density at radius 2 is 2.25 bits per heavy atom. The summed E-state index contributed by atoms with van der Waals surface area (Å²) in [6, 6.07) is 0.456. The molecule has 0 amide bonds. The first-order valence-electron chi connectivity index (χ1n) is 5.13. The quantitative estimate of drug-likeness (QED) is 0.886. The lowest BCUT2D eigenvalue weighted by atomic mass is 10.2. The maximum absolute atomic E-state index is 5.21. The molecule has 2 rings (SSSR count).